The molecule has 0 N–H and O–H groups in total. The predicted octanol–water partition coefficient (Wildman–Crippen LogP) is 3.57. The van der Waals surface area contributed by atoms with Gasteiger partial charge in [-0.1, -0.05) is 0 Å². The molecule has 0 radical (unpaired) electrons. The van der Waals surface area contributed by atoms with Gasteiger partial charge in [0.05, 0.1) is 5.56 Å². The highest BCUT2D eigenvalue weighted by molar-refractivity contribution is 5.43. The van der Waals surface area contributed by atoms with Crippen LogP contribution >= 0.6 is 0 Å². The third kappa shape index (κ3) is 3.74. The zero-order valence-corrected chi connectivity index (χ0v) is 8.81. The van der Waals surface area contributed by atoms with Gasteiger partial charge >= 0.3 is 12.4 Å². The van der Waals surface area contributed by atoms with Crippen molar-refractivity contribution >= 4 is 0 Å². The van der Waals surface area contributed by atoms with E-state index in [1.54, 1.807) is 0 Å². The molecule has 0 aromatic heterocycles. The lowest BCUT2D eigenvalue weighted by Crippen LogP contribution is -2.46. The minimum absolute atomic E-state index is 0.471. The molecule has 0 saturated carbocycles. The SMILES string of the molecule is N#Cc1cc(F)ccc1OC(C(F)(F)F)C(F)(F)F. The Morgan fingerprint density at radius 3 is 2.00 bits per heavy atom. The van der Waals surface area contributed by atoms with Crippen LogP contribution in [-0.4, -0.2) is 18.5 Å². The lowest BCUT2D eigenvalue weighted by Gasteiger charge is -2.24. The fourth-order valence-corrected chi connectivity index (χ4v) is 1.14. The largest absolute Gasteiger partial charge is 0.470 e. The van der Waals surface area contributed by atoms with Gasteiger partial charge in [0.2, 0.25) is 0 Å². The topological polar surface area (TPSA) is 33.0 Å². The summed E-state index contributed by atoms with van der Waals surface area (Å²) in [6.45, 7) is 0. The molecule has 1 aromatic carbocycles. The van der Waals surface area contributed by atoms with Gasteiger partial charge in [-0.25, -0.2) is 4.39 Å². The third-order valence-corrected chi connectivity index (χ3v) is 1.90. The highest BCUT2D eigenvalue weighted by atomic mass is 19.4. The van der Waals surface area contributed by atoms with E-state index in [0.717, 1.165) is 0 Å². The summed E-state index contributed by atoms with van der Waals surface area (Å²) in [6, 6.07) is 2.83. The van der Waals surface area contributed by atoms with Crippen LogP contribution in [0.4, 0.5) is 30.7 Å². The van der Waals surface area contributed by atoms with Crippen molar-refractivity contribution in [2.24, 2.45) is 0 Å². The molecule has 2 nitrogen and oxygen atoms in total. The van der Waals surface area contributed by atoms with Gasteiger partial charge < -0.3 is 4.74 Å². The molecule has 0 aliphatic rings. The summed E-state index contributed by atoms with van der Waals surface area (Å²) in [6.07, 6.45) is -15.5. The second-order valence-corrected chi connectivity index (χ2v) is 3.33. The number of hydrogen-bond acceptors (Lipinski definition) is 2. The van der Waals surface area contributed by atoms with Gasteiger partial charge in [-0.2, -0.15) is 31.6 Å². The molecule has 0 heterocycles. The molecule has 19 heavy (non-hydrogen) atoms. The van der Waals surface area contributed by atoms with Crippen LogP contribution < -0.4 is 4.74 Å². The molecule has 0 amide bonds. The molecule has 0 bridgehead atoms. The summed E-state index contributed by atoms with van der Waals surface area (Å²) < 4.78 is 89.8. The number of halogens is 7. The van der Waals surface area contributed by atoms with Crippen molar-refractivity contribution in [1.82, 2.24) is 0 Å². The average Bonchev–Trinajstić information content (AvgIpc) is 2.23. The zero-order valence-electron chi connectivity index (χ0n) is 8.81. The number of nitriles is 1. The number of hydrogen-bond donors (Lipinski definition) is 0. The van der Waals surface area contributed by atoms with Crippen molar-refractivity contribution in [1.29, 1.82) is 5.26 Å². The van der Waals surface area contributed by atoms with Crippen LogP contribution in [0.5, 0.6) is 5.75 Å². The molecule has 0 unspecified atom stereocenters. The molecule has 9 heteroatoms. The Hall–Kier alpha value is -1.98. The summed E-state index contributed by atoms with van der Waals surface area (Å²) in [4.78, 5) is 0. The highest BCUT2D eigenvalue weighted by Gasteiger charge is 2.59. The average molecular weight is 287 g/mol. The molecule has 1 rings (SSSR count). The number of ether oxygens (including phenoxy) is 1. The monoisotopic (exact) mass is 287 g/mol. The maximum atomic E-state index is 12.7. The molecule has 104 valence electrons. The summed E-state index contributed by atoms with van der Waals surface area (Å²) in [7, 11) is 0. The molecule has 0 spiro atoms. The van der Waals surface area contributed by atoms with Gasteiger partial charge in [-0.15, -0.1) is 0 Å². The van der Waals surface area contributed by atoms with Crippen molar-refractivity contribution in [2.75, 3.05) is 0 Å². The lowest BCUT2D eigenvalue weighted by molar-refractivity contribution is -0.299. The molecule has 0 atom stereocenters. The number of nitrogens with zero attached hydrogens (tertiary/aromatic N) is 1. The van der Waals surface area contributed by atoms with Crippen LogP contribution in [0.2, 0.25) is 0 Å². The third-order valence-electron chi connectivity index (χ3n) is 1.90. The molecule has 1 aromatic rings. The van der Waals surface area contributed by atoms with Crippen LogP contribution in [-0.2, 0) is 0 Å². The maximum absolute atomic E-state index is 12.7. The smallest absolute Gasteiger partial charge is 0.434 e. The van der Waals surface area contributed by atoms with Gasteiger partial charge in [0, 0.05) is 0 Å². The van der Waals surface area contributed by atoms with Crippen molar-refractivity contribution in [3.63, 3.8) is 0 Å². The van der Waals surface area contributed by atoms with Gasteiger partial charge in [0.15, 0.2) is 0 Å². The van der Waals surface area contributed by atoms with E-state index in [2.05, 4.69) is 4.74 Å². The molecule has 0 aliphatic heterocycles. The van der Waals surface area contributed by atoms with E-state index >= 15 is 0 Å². The fourth-order valence-electron chi connectivity index (χ4n) is 1.14. The second kappa shape index (κ2) is 4.95. The van der Waals surface area contributed by atoms with Crippen LogP contribution in [0.15, 0.2) is 18.2 Å². The van der Waals surface area contributed by atoms with Gasteiger partial charge in [-0.05, 0) is 18.2 Å². The van der Waals surface area contributed by atoms with Crippen molar-refractivity contribution in [2.45, 2.75) is 18.5 Å². The normalized spacial score (nSPS) is 12.4. The van der Waals surface area contributed by atoms with Crippen LogP contribution in [0.3, 0.4) is 0 Å². The molecular formula is C10H4F7NO. The Kier molecular flexibility index (Phi) is 3.93. The number of rotatable bonds is 2. The van der Waals surface area contributed by atoms with Crippen LogP contribution in [0, 0.1) is 17.1 Å². The quantitative estimate of drug-likeness (QED) is 0.779. The van der Waals surface area contributed by atoms with Crippen molar-refractivity contribution in [3.05, 3.63) is 29.6 Å². The van der Waals surface area contributed by atoms with E-state index in [-0.39, 0.29) is 0 Å². The van der Waals surface area contributed by atoms with E-state index in [4.69, 9.17) is 5.26 Å². The maximum Gasteiger partial charge on any atom is 0.434 e. The van der Waals surface area contributed by atoms with Gasteiger partial charge in [0.25, 0.3) is 6.10 Å². The van der Waals surface area contributed by atoms with Crippen LogP contribution in [0.1, 0.15) is 5.56 Å². The van der Waals surface area contributed by atoms with Crippen molar-refractivity contribution < 1.29 is 35.5 Å². The number of alkyl halides is 6. The minimum Gasteiger partial charge on any atom is -0.470 e. The Bertz CT molecular complexity index is 486. The first-order valence-electron chi connectivity index (χ1n) is 4.55. The number of benzene rings is 1. The Labute approximate surface area is 102 Å². The van der Waals surface area contributed by atoms with E-state index in [0.29, 0.717) is 18.2 Å². The Morgan fingerprint density at radius 2 is 1.58 bits per heavy atom. The van der Waals surface area contributed by atoms with E-state index < -0.39 is 35.6 Å². The van der Waals surface area contributed by atoms with E-state index in [1.165, 1.54) is 6.07 Å². The van der Waals surface area contributed by atoms with Crippen LogP contribution in [0.25, 0.3) is 0 Å². The first-order valence-corrected chi connectivity index (χ1v) is 4.55. The Morgan fingerprint density at radius 1 is 1.05 bits per heavy atom. The summed E-state index contributed by atoms with van der Waals surface area (Å²) in [5, 5.41) is 8.50. The zero-order chi connectivity index (χ0) is 14.8. The molecule has 0 saturated heterocycles. The first kappa shape index (κ1) is 15.1. The van der Waals surface area contributed by atoms with Gasteiger partial charge in [0.1, 0.15) is 17.6 Å². The standard InChI is InChI=1S/C10H4F7NO/c11-6-1-2-7(5(3-6)4-18)19-8(9(12,13)14)10(15,16)17/h1-3,8H. The van der Waals surface area contributed by atoms with E-state index in [1.807, 2.05) is 0 Å². The van der Waals surface area contributed by atoms with E-state index in [9.17, 15) is 30.7 Å². The fraction of sp³-hybridized carbons (Fsp3) is 0.300. The van der Waals surface area contributed by atoms with Gasteiger partial charge in [-0.3, -0.25) is 0 Å². The Balaban J connectivity index is 3.15. The molecular weight excluding hydrogens is 283 g/mol. The molecule has 0 fully saturated rings. The second-order valence-electron chi connectivity index (χ2n) is 3.33. The lowest BCUT2D eigenvalue weighted by atomic mass is 10.2. The molecule has 0 aliphatic carbocycles. The predicted molar refractivity (Wildman–Crippen MR) is 47.6 cm³/mol. The summed E-state index contributed by atoms with van der Waals surface area (Å²) in [5.41, 5.74) is -0.765. The highest BCUT2D eigenvalue weighted by Crippen LogP contribution is 2.37. The minimum atomic E-state index is -5.71. The summed E-state index contributed by atoms with van der Waals surface area (Å²) in [5.74, 6) is -1.98. The first-order chi connectivity index (χ1) is 8.55. The van der Waals surface area contributed by atoms with Crippen molar-refractivity contribution in [3.8, 4) is 11.8 Å². The summed E-state index contributed by atoms with van der Waals surface area (Å²) >= 11 is 0.